The fourth-order valence-electron chi connectivity index (χ4n) is 1.55. The molecule has 104 valence electrons. The van der Waals surface area contributed by atoms with Gasteiger partial charge in [-0.25, -0.2) is 0 Å². The number of thiocarbonyl (C=S) groups is 1. The highest BCUT2D eigenvalue weighted by Gasteiger charge is 2.14. The van der Waals surface area contributed by atoms with Crippen LogP contribution in [-0.2, 0) is 4.79 Å². The second kappa shape index (κ2) is 7.31. The van der Waals surface area contributed by atoms with Crippen LogP contribution in [0, 0.1) is 0 Å². The fourth-order valence-corrected chi connectivity index (χ4v) is 1.89. The molecule has 0 spiro atoms. The smallest absolute Gasteiger partial charge is 0.242 e. The lowest BCUT2D eigenvalue weighted by Gasteiger charge is -2.17. The number of nitrogens with one attached hydrogen (secondary N) is 2. The Balaban J connectivity index is 2.81. The maximum absolute atomic E-state index is 11.8. The van der Waals surface area contributed by atoms with Crippen LogP contribution in [0.25, 0.3) is 0 Å². The SMILES string of the molecule is CCCNC(=O)C(C)Nc1ccc(Cl)cc1C(N)=S. The van der Waals surface area contributed by atoms with E-state index in [-0.39, 0.29) is 16.9 Å². The van der Waals surface area contributed by atoms with E-state index in [2.05, 4.69) is 10.6 Å². The van der Waals surface area contributed by atoms with Crippen molar-refractivity contribution in [1.29, 1.82) is 0 Å². The molecule has 0 saturated heterocycles. The third-order valence-electron chi connectivity index (χ3n) is 2.56. The Morgan fingerprint density at radius 3 is 2.79 bits per heavy atom. The average Bonchev–Trinajstić information content (AvgIpc) is 2.37. The van der Waals surface area contributed by atoms with Crippen LogP contribution in [0.2, 0.25) is 5.02 Å². The van der Waals surface area contributed by atoms with E-state index < -0.39 is 0 Å². The van der Waals surface area contributed by atoms with Gasteiger partial charge < -0.3 is 16.4 Å². The van der Waals surface area contributed by atoms with Gasteiger partial charge in [-0.15, -0.1) is 0 Å². The van der Waals surface area contributed by atoms with Crippen LogP contribution in [-0.4, -0.2) is 23.5 Å². The summed E-state index contributed by atoms with van der Waals surface area (Å²) >= 11 is 10.9. The van der Waals surface area contributed by atoms with Gasteiger partial charge >= 0.3 is 0 Å². The highest BCUT2D eigenvalue weighted by atomic mass is 35.5. The van der Waals surface area contributed by atoms with Crippen molar-refractivity contribution >= 4 is 40.4 Å². The first kappa shape index (κ1) is 15.7. The third-order valence-corrected chi connectivity index (χ3v) is 3.02. The van der Waals surface area contributed by atoms with E-state index >= 15 is 0 Å². The predicted molar refractivity (Wildman–Crippen MR) is 83.7 cm³/mol. The number of nitrogens with two attached hydrogens (primary N) is 1. The number of anilines is 1. The first-order chi connectivity index (χ1) is 8.95. The summed E-state index contributed by atoms with van der Waals surface area (Å²) in [5.41, 5.74) is 6.99. The summed E-state index contributed by atoms with van der Waals surface area (Å²) in [6, 6.07) is 4.80. The Kier molecular flexibility index (Phi) is 6.05. The third kappa shape index (κ3) is 4.69. The molecule has 0 heterocycles. The van der Waals surface area contributed by atoms with Gasteiger partial charge in [-0.3, -0.25) is 4.79 Å². The van der Waals surface area contributed by atoms with Crippen molar-refractivity contribution in [3.8, 4) is 0 Å². The number of carbonyl (C=O) groups is 1. The molecule has 4 nitrogen and oxygen atoms in total. The molecule has 1 atom stereocenters. The molecule has 1 aromatic rings. The summed E-state index contributed by atoms with van der Waals surface area (Å²) in [6.45, 7) is 4.44. The van der Waals surface area contributed by atoms with Gasteiger partial charge in [0, 0.05) is 22.8 Å². The maximum atomic E-state index is 11.8. The van der Waals surface area contributed by atoms with Crippen molar-refractivity contribution in [2.45, 2.75) is 26.3 Å². The fraction of sp³-hybridized carbons (Fsp3) is 0.385. The normalized spacial score (nSPS) is 11.7. The minimum absolute atomic E-state index is 0.0642. The van der Waals surface area contributed by atoms with Crippen molar-refractivity contribution < 1.29 is 4.79 Å². The lowest BCUT2D eigenvalue weighted by atomic mass is 10.1. The van der Waals surface area contributed by atoms with Crippen molar-refractivity contribution in [2.24, 2.45) is 5.73 Å². The van der Waals surface area contributed by atoms with Gasteiger partial charge in [0.1, 0.15) is 11.0 Å². The highest BCUT2D eigenvalue weighted by molar-refractivity contribution is 7.80. The van der Waals surface area contributed by atoms with Crippen LogP contribution in [0.4, 0.5) is 5.69 Å². The number of halogens is 1. The van der Waals surface area contributed by atoms with E-state index in [1.54, 1.807) is 25.1 Å². The van der Waals surface area contributed by atoms with Crippen LogP contribution in [0.1, 0.15) is 25.8 Å². The number of benzene rings is 1. The second-order valence-corrected chi connectivity index (χ2v) is 5.09. The van der Waals surface area contributed by atoms with Crippen LogP contribution < -0.4 is 16.4 Å². The number of amides is 1. The molecule has 0 bridgehead atoms. The summed E-state index contributed by atoms with van der Waals surface area (Å²) in [7, 11) is 0. The largest absolute Gasteiger partial charge is 0.389 e. The molecule has 0 saturated carbocycles. The molecule has 0 aliphatic carbocycles. The Labute approximate surface area is 123 Å². The van der Waals surface area contributed by atoms with Crippen LogP contribution in [0.3, 0.4) is 0 Å². The number of rotatable bonds is 6. The number of hydrogen-bond acceptors (Lipinski definition) is 3. The summed E-state index contributed by atoms with van der Waals surface area (Å²) in [5.74, 6) is -0.0642. The van der Waals surface area contributed by atoms with Gasteiger partial charge in [-0.2, -0.15) is 0 Å². The molecular formula is C13H18ClN3OS. The van der Waals surface area contributed by atoms with E-state index in [0.29, 0.717) is 22.8 Å². The van der Waals surface area contributed by atoms with E-state index in [9.17, 15) is 4.79 Å². The molecular weight excluding hydrogens is 282 g/mol. The average molecular weight is 300 g/mol. The molecule has 6 heteroatoms. The predicted octanol–water partition coefficient (Wildman–Crippen LogP) is 2.30. The zero-order valence-corrected chi connectivity index (χ0v) is 12.6. The zero-order chi connectivity index (χ0) is 14.4. The van der Waals surface area contributed by atoms with Gasteiger partial charge in [0.15, 0.2) is 0 Å². The summed E-state index contributed by atoms with van der Waals surface area (Å²) < 4.78 is 0. The molecule has 19 heavy (non-hydrogen) atoms. The minimum atomic E-state index is -0.374. The van der Waals surface area contributed by atoms with Crippen molar-refractivity contribution in [2.75, 3.05) is 11.9 Å². The zero-order valence-electron chi connectivity index (χ0n) is 11.0. The van der Waals surface area contributed by atoms with Crippen LogP contribution >= 0.6 is 23.8 Å². The number of hydrogen-bond donors (Lipinski definition) is 3. The van der Waals surface area contributed by atoms with Crippen LogP contribution in [0.15, 0.2) is 18.2 Å². The van der Waals surface area contributed by atoms with Gasteiger partial charge in [0.25, 0.3) is 0 Å². The second-order valence-electron chi connectivity index (χ2n) is 4.21. The molecule has 1 unspecified atom stereocenters. The monoisotopic (exact) mass is 299 g/mol. The highest BCUT2D eigenvalue weighted by Crippen LogP contribution is 2.21. The quantitative estimate of drug-likeness (QED) is 0.705. The minimum Gasteiger partial charge on any atom is -0.389 e. The van der Waals surface area contributed by atoms with Gasteiger partial charge in [0.2, 0.25) is 5.91 Å². The van der Waals surface area contributed by atoms with Crippen molar-refractivity contribution in [3.05, 3.63) is 28.8 Å². The lowest BCUT2D eigenvalue weighted by molar-refractivity contribution is -0.121. The van der Waals surface area contributed by atoms with Gasteiger partial charge in [-0.05, 0) is 31.5 Å². The van der Waals surface area contributed by atoms with E-state index in [1.807, 2.05) is 6.92 Å². The summed E-state index contributed by atoms with van der Waals surface area (Å²) in [6.07, 6.45) is 0.900. The molecule has 0 aliphatic rings. The Hall–Kier alpha value is -1.33. The Bertz CT molecular complexity index is 479. The van der Waals surface area contributed by atoms with Crippen LogP contribution in [0.5, 0.6) is 0 Å². The Morgan fingerprint density at radius 2 is 2.21 bits per heavy atom. The standard InChI is InChI=1S/C13H18ClN3OS/c1-3-6-16-13(18)8(2)17-11-5-4-9(14)7-10(11)12(15)19/h4-5,7-8,17H,3,6H2,1-2H3,(H2,15,19)(H,16,18). The topological polar surface area (TPSA) is 67.2 Å². The molecule has 4 N–H and O–H groups in total. The molecule has 1 rings (SSSR count). The molecule has 1 amide bonds. The van der Waals surface area contributed by atoms with Crippen molar-refractivity contribution in [3.63, 3.8) is 0 Å². The summed E-state index contributed by atoms with van der Waals surface area (Å²) in [5, 5.41) is 6.46. The Morgan fingerprint density at radius 1 is 1.53 bits per heavy atom. The van der Waals surface area contributed by atoms with E-state index in [1.165, 1.54) is 0 Å². The number of carbonyl (C=O) groups excluding carboxylic acids is 1. The lowest BCUT2D eigenvalue weighted by Crippen LogP contribution is -2.38. The van der Waals surface area contributed by atoms with E-state index in [0.717, 1.165) is 6.42 Å². The van der Waals surface area contributed by atoms with E-state index in [4.69, 9.17) is 29.6 Å². The summed E-state index contributed by atoms with van der Waals surface area (Å²) in [4.78, 5) is 12.0. The molecule has 0 fully saturated rings. The molecule has 0 aliphatic heterocycles. The molecule has 1 aromatic carbocycles. The van der Waals surface area contributed by atoms with Gasteiger partial charge in [-0.1, -0.05) is 30.7 Å². The van der Waals surface area contributed by atoms with Gasteiger partial charge in [0.05, 0.1) is 0 Å². The first-order valence-corrected chi connectivity index (χ1v) is 6.88. The van der Waals surface area contributed by atoms with Crippen molar-refractivity contribution in [1.82, 2.24) is 5.32 Å². The maximum Gasteiger partial charge on any atom is 0.242 e. The first-order valence-electron chi connectivity index (χ1n) is 6.09. The molecule has 0 radical (unpaired) electrons. The molecule has 0 aromatic heterocycles.